The summed E-state index contributed by atoms with van der Waals surface area (Å²) in [7, 11) is 2.84. The number of methoxy groups -OCH3 is 2. The predicted octanol–water partition coefficient (Wildman–Crippen LogP) is 1.78. The maximum Gasteiger partial charge on any atom is 0.338 e. The fourth-order valence-corrected chi connectivity index (χ4v) is 1.38. The maximum atomic E-state index is 11.6. The summed E-state index contributed by atoms with van der Waals surface area (Å²) in [6.07, 6.45) is -0.789. The largest absolute Gasteiger partial charge is 0.490 e. The molecule has 0 aromatic heterocycles. The number of esters is 1. The summed E-state index contributed by atoms with van der Waals surface area (Å²) in [6, 6.07) is 9.28. The topological polar surface area (TPSA) is 54.0 Å². The molecule has 0 aliphatic heterocycles. The highest BCUT2D eigenvalue weighted by Crippen LogP contribution is 2.09. The second-order valence-corrected chi connectivity index (χ2v) is 3.63. The number of ether oxygens (including phenoxy) is 4. The summed E-state index contributed by atoms with van der Waals surface area (Å²) >= 11 is 0. The van der Waals surface area contributed by atoms with Crippen LogP contribution in [0.15, 0.2) is 42.5 Å². The van der Waals surface area contributed by atoms with E-state index in [0.29, 0.717) is 0 Å². The molecule has 0 radical (unpaired) electrons. The molecule has 0 aliphatic carbocycles. The molecular weight excluding hydrogens is 248 g/mol. The van der Waals surface area contributed by atoms with Crippen molar-refractivity contribution < 1.29 is 23.7 Å². The molecule has 0 amide bonds. The van der Waals surface area contributed by atoms with E-state index in [0.717, 1.165) is 5.75 Å². The normalized spacial score (nSPS) is 10.3. The lowest BCUT2D eigenvalue weighted by Gasteiger charge is -2.15. The molecule has 0 N–H and O–H groups in total. The van der Waals surface area contributed by atoms with Gasteiger partial charge < -0.3 is 18.9 Å². The predicted molar refractivity (Wildman–Crippen MR) is 69.8 cm³/mol. The third-order valence-electron chi connectivity index (χ3n) is 2.30. The van der Waals surface area contributed by atoms with Gasteiger partial charge in [0.25, 0.3) is 0 Å². The number of carbonyl (C=O) groups excluding carboxylic acids is 1. The first kappa shape index (κ1) is 15.2. The molecule has 0 aliphatic rings. The van der Waals surface area contributed by atoms with Gasteiger partial charge in [-0.2, -0.15) is 0 Å². The van der Waals surface area contributed by atoms with Crippen molar-refractivity contribution in [2.45, 2.75) is 6.29 Å². The van der Waals surface area contributed by atoms with E-state index in [1.54, 1.807) is 0 Å². The first-order chi connectivity index (χ1) is 9.19. The van der Waals surface area contributed by atoms with Gasteiger partial charge in [-0.15, -0.1) is 0 Å². The van der Waals surface area contributed by atoms with Gasteiger partial charge in [-0.05, 0) is 12.1 Å². The number of carbonyl (C=O) groups is 1. The molecular formula is C14H18O5. The van der Waals surface area contributed by atoms with Crippen LogP contribution in [0.25, 0.3) is 0 Å². The molecule has 0 spiro atoms. The molecule has 1 rings (SSSR count). The van der Waals surface area contributed by atoms with Gasteiger partial charge in [0.15, 0.2) is 6.29 Å². The van der Waals surface area contributed by atoms with Gasteiger partial charge in [-0.3, -0.25) is 0 Å². The smallest absolute Gasteiger partial charge is 0.338 e. The number of hydrogen-bond donors (Lipinski definition) is 0. The Morgan fingerprint density at radius 2 is 1.79 bits per heavy atom. The van der Waals surface area contributed by atoms with Crippen molar-refractivity contribution in [3.63, 3.8) is 0 Å². The SMILES string of the molecule is C=C(C(=O)OCCOc1ccccc1)C(OC)OC. The molecule has 1 aromatic carbocycles. The van der Waals surface area contributed by atoms with Crippen LogP contribution in [0.1, 0.15) is 0 Å². The summed E-state index contributed by atoms with van der Waals surface area (Å²) < 4.78 is 20.2. The minimum Gasteiger partial charge on any atom is -0.490 e. The molecule has 104 valence electrons. The number of hydrogen-bond acceptors (Lipinski definition) is 5. The van der Waals surface area contributed by atoms with Crippen LogP contribution in [0.3, 0.4) is 0 Å². The Balaban J connectivity index is 2.25. The first-order valence-electron chi connectivity index (χ1n) is 5.78. The van der Waals surface area contributed by atoms with Crippen LogP contribution in [0.2, 0.25) is 0 Å². The highest BCUT2D eigenvalue weighted by atomic mass is 16.7. The van der Waals surface area contributed by atoms with Crippen molar-refractivity contribution >= 4 is 5.97 Å². The Bertz CT molecular complexity index is 398. The molecule has 0 saturated heterocycles. The summed E-state index contributed by atoms with van der Waals surface area (Å²) in [6.45, 7) is 3.97. The standard InChI is InChI=1S/C14H18O5/c1-11(14(16-2)17-3)13(15)19-10-9-18-12-7-5-4-6-8-12/h4-8,14H,1,9-10H2,2-3H3. The first-order valence-corrected chi connectivity index (χ1v) is 5.78. The van der Waals surface area contributed by atoms with Crippen molar-refractivity contribution in [2.75, 3.05) is 27.4 Å². The van der Waals surface area contributed by atoms with E-state index in [2.05, 4.69) is 6.58 Å². The van der Waals surface area contributed by atoms with E-state index in [4.69, 9.17) is 18.9 Å². The summed E-state index contributed by atoms with van der Waals surface area (Å²) in [5, 5.41) is 0. The Kier molecular flexibility index (Phi) is 6.63. The average molecular weight is 266 g/mol. The lowest BCUT2D eigenvalue weighted by Crippen LogP contribution is -2.24. The van der Waals surface area contributed by atoms with Crippen LogP contribution < -0.4 is 4.74 Å². The van der Waals surface area contributed by atoms with Crippen LogP contribution in [-0.2, 0) is 19.0 Å². The fraction of sp³-hybridized carbons (Fsp3) is 0.357. The Labute approximate surface area is 112 Å². The molecule has 0 saturated carbocycles. The lowest BCUT2D eigenvalue weighted by molar-refractivity contribution is -0.146. The summed E-state index contributed by atoms with van der Waals surface area (Å²) in [4.78, 5) is 11.6. The zero-order valence-electron chi connectivity index (χ0n) is 11.1. The van der Waals surface area contributed by atoms with Crippen molar-refractivity contribution in [3.8, 4) is 5.75 Å². The van der Waals surface area contributed by atoms with E-state index < -0.39 is 12.3 Å². The highest BCUT2D eigenvalue weighted by Gasteiger charge is 2.19. The second-order valence-electron chi connectivity index (χ2n) is 3.63. The molecule has 1 aromatic rings. The van der Waals surface area contributed by atoms with Crippen molar-refractivity contribution in [3.05, 3.63) is 42.5 Å². The van der Waals surface area contributed by atoms with Crippen LogP contribution in [0.4, 0.5) is 0 Å². The molecule has 5 heteroatoms. The van der Waals surface area contributed by atoms with Gasteiger partial charge in [0, 0.05) is 14.2 Å². The zero-order valence-corrected chi connectivity index (χ0v) is 11.1. The van der Waals surface area contributed by atoms with Crippen LogP contribution in [-0.4, -0.2) is 39.7 Å². The third-order valence-corrected chi connectivity index (χ3v) is 2.30. The van der Waals surface area contributed by atoms with Crippen molar-refractivity contribution in [1.82, 2.24) is 0 Å². The molecule has 0 heterocycles. The fourth-order valence-electron chi connectivity index (χ4n) is 1.38. The van der Waals surface area contributed by atoms with E-state index in [1.165, 1.54) is 14.2 Å². The molecule has 0 unspecified atom stereocenters. The van der Waals surface area contributed by atoms with E-state index >= 15 is 0 Å². The minimum absolute atomic E-state index is 0.115. The van der Waals surface area contributed by atoms with Gasteiger partial charge >= 0.3 is 5.97 Å². The Hall–Kier alpha value is -1.85. The molecule has 19 heavy (non-hydrogen) atoms. The van der Waals surface area contributed by atoms with Gasteiger partial charge in [-0.1, -0.05) is 24.8 Å². The van der Waals surface area contributed by atoms with Crippen LogP contribution in [0, 0.1) is 0 Å². The summed E-state index contributed by atoms with van der Waals surface area (Å²) in [5.74, 6) is 0.161. The third kappa shape index (κ3) is 5.11. The zero-order chi connectivity index (χ0) is 14.1. The quantitative estimate of drug-likeness (QED) is 0.311. The second kappa shape index (κ2) is 8.29. The van der Waals surface area contributed by atoms with Gasteiger partial charge in [-0.25, -0.2) is 4.79 Å². The van der Waals surface area contributed by atoms with Crippen molar-refractivity contribution in [2.24, 2.45) is 0 Å². The molecule has 0 atom stereocenters. The summed E-state index contributed by atoms with van der Waals surface area (Å²) in [5.41, 5.74) is 0.115. The number of rotatable bonds is 8. The molecule has 5 nitrogen and oxygen atoms in total. The maximum absolute atomic E-state index is 11.6. The number of benzene rings is 1. The van der Waals surface area contributed by atoms with Crippen molar-refractivity contribution in [1.29, 1.82) is 0 Å². The van der Waals surface area contributed by atoms with E-state index in [9.17, 15) is 4.79 Å². The lowest BCUT2D eigenvalue weighted by atomic mass is 10.3. The van der Waals surface area contributed by atoms with Gasteiger partial charge in [0.05, 0.1) is 5.57 Å². The van der Waals surface area contributed by atoms with Crippen LogP contribution >= 0.6 is 0 Å². The highest BCUT2D eigenvalue weighted by molar-refractivity contribution is 5.88. The average Bonchev–Trinajstić information content (AvgIpc) is 2.45. The van der Waals surface area contributed by atoms with Gasteiger partial charge in [0.1, 0.15) is 19.0 Å². The Morgan fingerprint density at radius 3 is 2.37 bits per heavy atom. The monoisotopic (exact) mass is 266 g/mol. The van der Waals surface area contributed by atoms with Gasteiger partial charge in [0.2, 0.25) is 0 Å². The van der Waals surface area contributed by atoms with E-state index in [1.807, 2.05) is 30.3 Å². The minimum atomic E-state index is -0.789. The van der Waals surface area contributed by atoms with Crippen LogP contribution in [0.5, 0.6) is 5.75 Å². The molecule has 0 fully saturated rings. The molecule has 0 bridgehead atoms. The Morgan fingerprint density at radius 1 is 1.16 bits per heavy atom. The van der Waals surface area contributed by atoms with E-state index in [-0.39, 0.29) is 18.8 Å². The number of para-hydroxylation sites is 1.